The van der Waals surface area contributed by atoms with Crippen LogP contribution in [0.1, 0.15) is 11.7 Å². The summed E-state index contributed by atoms with van der Waals surface area (Å²) in [4.78, 5) is 0. The Morgan fingerprint density at radius 1 is 1.31 bits per heavy atom. The van der Waals surface area contributed by atoms with Crippen molar-refractivity contribution < 1.29 is 5.11 Å². The lowest BCUT2D eigenvalue weighted by Gasteiger charge is -2.10. The van der Waals surface area contributed by atoms with Crippen LogP contribution in [0.2, 0.25) is 0 Å². The monoisotopic (exact) mass is 371 g/mol. The van der Waals surface area contributed by atoms with Gasteiger partial charge in [-0.1, -0.05) is 15.9 Å². The molecule has 0 fully saturated rings. The number of alkyl halides is 1. The molecule has 0 radical (unpaired) electrons. The molecule has 0 saturated heterocycles. The number of nitrogen functional groups attached to an aromatic ring is 1. The molecule has 0 spiro atoms. The van der Waals surface area contributed by atoms with E-state index in [4.69, 9.17) is 5.73 Å². The van der Waals surface area contributed by atoms with Crippen molar-refractivity contribution in [3.8, 4) is 0 Å². The Hall–Kier alpha value is 0.420. The van der Waals surface area contributed by atoms with Crippen molar-refractivity contribution in [3.63, 3.8) is 0 Å². The molecule has 0 saturated carbocycles. The van der Waals surface area contributed by atoms with Crippen molar-refractivity contribution in [2.24, 2.45) is 0 Å². The molecule has 1 atom stereocenters. The Morgan fingerprint density at radius 2 is 1.77 bits per heavy atom. The Bertz CT molecular complexity index is 293. The molecule has 0 aliphatic carbocycles. The third-order valence-electron chi connectivity index (χ3n) is 1.63. The van der Waals surface area contributed by atoms with Gasteiger partial charge in [0, 0.05) is 14.3 Å². The second kappa shape index (κ2) is 4.77. The maximum absolute atomic E-state index is 9.54. The van der Waals surface area contributed by atoms with Crippen LogP contribution in [0.5, 0.6) is 0 Å². The van der Waals surface area contributed by atoms with E-state index in [0.29, 0.717) is 11.0 Å². The predicted molar refractivity (Wildman–Crippen MR) is 65.0 cm³/mol. The fourth-order valence-electron chi connectivity index (χ4n) is 0.885. The van der Waals surface area contributed by atoms with Crippen LogP contribution < -0.4 is 5.73 Å². The molecule has 0 amide bonds. The molecule has 0 aliphatic heterocycles. The summed E-state index contributed by atoms with van der Waals surface area (Å²) in [6, 6.07) is 3.62. The number of hydrogen-bond donors (Lipinski definition) is 2. The van der Waals surface area contributed by atoms with Gasteiger partial charge in [-0.2, -0.15) is 0 Å². The zero-order valence-electron chi connectivity index (χ0n) is 6.60. The van der Waals surface area contributed by atoms with E-state index in [0.717, 1.165) is 14.5 Å². The fourth-order valence-corrected chi connectivity index (χ4v) is 2.48. The quantitative estimate of drug-likeness (QED) is 0.617. The first kappa shape index (κ1) is 11.5. The summed E-state index contributed by atoms with van der Waals surface area (Å²) in [6.45, 7) is 0. The highest BCUT2D eigenvalue weighted by molar-refractivity contribution is 9.11. The first-order valence-electron chi connectivity index (χ1n) is 3.54. The molecule has 2 nitrogen and oxygen atoms in total. The molecule has 72 valence electrons. The van der Waals surface area contributed by atoms with E-state index in [1.165, 1.54) is 0 Å². The number of nitrogens with two attached hydrogens (primary N) is 1. The van der Waals surface area contributed by atoms with Crippen LogP contribution in [0.25, 0.3) is 0 Å². The van der Waals surface area contributed by atoms with Crippen LogP contribution in [0.4, 0.5) is 5.69 Å². The largest absolute Gasteiger partial charge is 0.397 e. The third kappa shape index (κ3) is 2.68. The second-order valence-electron chi connectivity index (χ2n) is 2.57. The van der Waals surface area contributed by atoms with Gasteiger partial charge in [0.05, 0.1) is 11.8 Å². The van der Waals surface area contributed by atoms with Gasteiger partial charge in [-0.15, -0.1) is 0 Å². The average molecular weight is 374 g/mol. The molecule has 0 heterocycles. The number of benzene rings is 1. The Kier molecular flexibility index (Phi) is 4.22. The van der Waals surface area contributed by atoms with Crippen LogP contribution in [-0.2, 0) is 0 Å². The SMILES string of the molecule is Nc1c(Br)cc(C(O)CBr)cc1Br. The minimum atomic E-state index is -0.506. The summed E-state index contributed by atoms with van der Waals surface area (Å²) in [7, 11) is 0. The molecule has 0 bridgehead atoms. The lowest BCUT2D eigenvalue weighted by Crippen LogP contribution is -2.00. The predicted octanol–water partition coefficient (Wildman–Crippen LogP) is 3.22. The van der Waals surface area contributed by atoms with E-state index in [1.54, 1.807) is 0 Å². The van der Waals surface area contributed by atoms with E-state index < -0.39 is 6.10 Å². The van der Waals surface area contributed by atoms with E-state index in [-0.39, 0.29) is 0 Å². The van der Waals surface area contributed by atoms with Crippen molar-refractivity contribution in [1.29, 1.82) is 0 Å². The number of hydrogen-bond acceptors (Lipinski definition) is 2. The number of aliphatic hydroxyl groups is 1. The first-order valence-corrected chi connectivity index (χ1v) is 6.25. The Balaban J connectivity index is 3.13. The summed E-state index contributed by atoms with van der Waals surface area (Å²) in [5.41, 5.74) is 7.17. The molecule has 1 unspecified atom stereocenters. The smallest absolute Gasteiger partial charge is 0.0887 e. The molecule has 1 aromatic carbocycles. The van der Waals surface area contributed by atoms with Gasteiger partial charge in [-0.3, -0.25) is 0 Å². The van der Waals surface area contributed by atoms with Crippen LogP contribution >= 0.6 is 47.8 Å². The summed E-state index contributed by atoms with van der Waals surface area (Å²) in [6.07, 6.45) is -0.506. The number of anilines is 1. The van der Waals surface area contributed by atoms with Crippen molar-refractivity contribution in [2.75, 3.05) is 11.1 Å². The summed E-state index contributed by atoms with van der Waals surface area (Å²) in [5, 5.41) is 10.0. The highest BCUT2D eigenvalue weighted by Crippen LogP contribution is 2.32. The molecular weight excluding hydrogens is 366 g/mol. The topological polar surface area (TPSA) is 46.2 Å². The maximum atomic E-state index is 9.54. The normalized spacial score (nSPS) is 12.9. The van der Waals surface area contributed by atoms with E-state index >= 15 is 0 Å². The fraction of sp³-hybridized carbons (Fsp3) is 0.250. The maximum Gasteiger partial charge on any atom is 0.0887 e. The van der Waals surface area contributed by atoms with Crippen LogP contribution in [0.15, 0.2) is 21.1 Å². The van der Waals surface area contributed by atoms with E-state index in [9.17, 15) is 5.11 Å². The number of aliphatic hydroxyl groups excluding tert-OH is 1. The van der Waals surface area contributed by atoms with Gasteiger partial charge in [-0.05, 0) is 49.6 Å². The lowest BCUT2D eigenvalue weighted by molar-refractivity contribution is 0.205. The van der Waals surface area contributed by atoms with E-state index in [1.807, 2.05) is 12.1 Å². The third-order valence-corrected chi connectivity index (χ3v) is 3.56. The Labute approximate surface area is 102 Å². The number of halogens is 3. The second-order valence-corrected chi connectivity index (χ2v) is 4.92. The summed E-state index contributed by atoms with van der Waals surface area (Å²) >= 11 is 9.83. The van der Waals surface area contributed by atoms with Crippen molar-refractivity contribution >= 4 is 53.5 Å². The highest BCUT2D eigenvalue weighted by Gasteiger charge is 2.10. The van der Waals surface area contributed by atoms with Crippen LogP contribution in [0, 0.1) is 0 Å². The van der Waals surface area contributed by atoms with Crippen LogP contribution in [-0.4, -0.2) is 10.4 Å². The molecule has 1 rings (SSSR count). The van der Waals surface area contributed by atoms with Crippen molar-refractivity contribution in [2.45, 2.75) is 6.10 Å². The number of rotatable bonds is 2. The van der Waals surface area contributed by atoms with Gasteiger partial charge in [0.25, 0.3) is 0 Å². The molecule has 5 heteroatoms. The van der Waals surface area contributed by atoms with Gasteiger partial charge in [0.15, 0.2) is 0 Å². The summed E-state index contributed by atoms with van der Waals surface area (Å²) < 4.78 is 1.58. The van der Waals surface area contributed by atoms with Gasteiger partial charge < -0.3 is 10.8 Å². The Morgan fingerprint density at radius 3 is 2.15 bits per heavy atom. The van der Waals surface area contributed by atoms with Gasteiger partial charge in [-0.25, -0.2) is 0 Å². The molecule has 1 aromatic rings. The molecular formula is C8H8Br3NO. The van der Waals surface area contributed by atoms with Crippen LogP contribution in [0.3, 0.4) is 0 Å². The standard InChI is InChI=1S/C8H8Br3NO/c9-3-7(13)4-1-5(10)8(12)6(11)2-4/h1-2,7,13H,3,12H2. The molecule has 0 aromatic heterocycles. The zero-order chi connectivity index (χ0) is 10.0. The minimum absolute atomic E-state index is 0.506. The van der Waals surface area contributed by atoms with Crippen molar-refractivity contribution in [3.05, 3.63) is 26.6 Å². The van der Waals surface area contributed by atoms with Gasteiger partial charge in [0.2, 0.25) is 0 Å². The summed E-state index contributed by atoms with van der Waals surface area (Å²) in [5.74, 6) is 0. The molecule has 0 aliphatic rings. The zero-order valence-corrected chi connectivity index (χ0v) is 11.4. The molecule has 3 N–H and O–H groups in total. The van der Waals surface area contributed by atoms with Crippen molar-refractivity contribution in [1.82, 2.24) is 0 Å². The van der Waals surface area contributed by atoms with E-state index in [2.05, 4.69) is 47.8 Å². The average Bonchev–Trinajstić information content (AvgIpc) is 2.12. The lowest BCUT2D eigenvalue weighted by atomic mass is 10.1. The molecule has 13 heavy (non-hydrogen) atoms. The first-order chi connectivity index (χ1) is 6.06. The highest BCUT2D eigenvalue weighted by atomic mass is 79.9. The van der Waals surface area contributed by atoms with Gasteiger partial charge >= 0.3 is 0 Å². The minimum Gasteiger partial charge on any atom is -0.397 e. The van der Waals surface area contributed by atoms with Gasteiger partial charge in [0.1, 0.15) is 0 Å².